The van der Waals surface area contributed by atoms with Crippen LogP contribution in [-0.4, -0.2) is 34.6 Å². The summed E-state index contributed by atoms with van der Waals surface area (Å²) in [6, 6.07) is 8.26. The van der Waals surface area contributed by atoms with Crippen molar-refractivity contribution in [1.29, 1.82) is 0 Å². The van der Waals surface area contributed by atoms with Crippen molar-refractivity contribution in [2.45, 2.75) is 38.6 Å². The van der Waals surface area contributed by atoms with E-state index in [-0.39, 0.29) is 0 Å². The van der Waals surface area contributed by atoms with Gasteiger partial charge in [-0.2, -0.15) is 4.68 Å². The van der Waals surface area contributed by atoms with Gasteiger partial charge in [0.1, 0.15) is 0 Å². The highest BCUT2D eigenvalue weighted by atomic mass is 32.2. The molecule has 0 spiro atoms. The highest BCUT2D eigenvalue weighted by molar-refractivity contribution is 7.98. The molecule has 132 valence electrons. The van der Waals surface area contributed by atoms with E-state index in [0.717, 1.165) is 33.7 Å². The van der Waals surface area contributed by atoms with E-state index in [9.17, 15) is 0 Å². The maximum Gasteiger partial charge on any atom is 0.234 e. The van der Waals surface area contributed by atoms with Gasteiger partial charge in [-0.05, 0) is 67.4 Å². The van der Waals surface area contributed by atoms with Gasteiger partial charge in [0.2, 0.25) is 10.9 Å². The second-order valence-corrected chi connectivity index (χ2v) is 7.31. The lowest BCUT2D eigenvalue weighted by Gasteiger charge is -2.06. The van der Waals surface area contributed by atoms with Gasteiger partial charge in [0.15, 0.2) is 0 Å². The number of thioether (sulfide) groups is 1. The summed E-state index contributed by atoms with van der Waals surface area (Å²) in [6.45, 7) is 8.22. The summed E-state index contributed by atoms with van der Waals surface area (Å²) >= 11 is 1.56. The third kappa shape index (κ3) is 3.08. The fraction of sp³-hybridized carbons (Fsp3) is 0.278. The SMILES string of the molecule is Cc1cc(C)n2cc(CSc3nnnn3-c3ccc(C)c(C)c3)nc2n1. The van der Waals surface area contributed by atoms with Gasteiger partial charge in [-0.25, -0.2) is 9.97 Å². The van der Waals surface area contributed by atoms with Crippen LogP contribution < -0.4 is 0 Å². The summed E-state index contributed by atoms with van der Waals surface area (Å²) in [6.07, 6.45) is 2.02. The first-order valence-corrected chi connectivity index (χ1v) is 9.31. The number of hydrogen-bond acceptors (Lipinski definition) is 6. The number of fused-ring (bicyclic) bond motifs is 1. The van der Waals surface area contributed by atoms with Crippen LogP contribution in [0.25, 0.3) is 11.5 Å². The zero-order valence-electron chi connectivity index (χ0n) is 15.1. The van der Waals surface area contributed by atoms with Crippen molar-refractivity contribution < 1.29 is 0 Å². The monoisotopic (exact) mass is 365 g/mol. The van der Waals surface area contributed by atoms with Crippen LogP contribution in [-0.2, 0) is 5.75 Å². The number of imidazole rings is 1. The second-order valence-electron chi connectivity index (χ2n) is 6.37. The first-order valence-electron chi connectivity index (χ1n) is 8.32. The van der Waals surface area contributed by atoms with Crippen molar-refractivity contribution in [3.05, 3.63) is 58.7 Å². The zero-order chi connectivity index (χ0) is 18.3. The normalized spacial score (nSPS) is 11.4. The first-order chi connectivity index (χ1) is 12.5. The van der Waals surface area contributed by atoms with Crippen LogP contribution in [0.1, 0.15) is 28.2 Å². The number of hydrogen-bond donors (Lipinski definition) is 0. The van der Waals surface area contributed by atoms with E-state index >= 15 is 0 Å². The molecule has 0 aliphatic heterocycles. The minimum Gasteiger partial charge on any atom is -0.288 e. The molecule has 0 unspecified atom stereocenters. The lowest BCUT2D eigenvalue weighted by Crippen LogP contribution is -2.00. The molecule has 8 heteroatoms. The standard InChI is InChI=1S/C18H19N7S/c1-11-5-6-16(7-12(11)2)25-18(21-22-23-25)26-10-15-9-24-14(4)8-13(3)19-17(24)20-15/h5-9H,10H2,1-4H3. The number of nitrogens with zero attached hydrogens (tertiary/aromatic N) is 7. The molecule has 0 atom stereocenters. The summed E-state index contributed by atoms with van der Waals surface area (Å²) in [5, 5.41) is 12.9. The molecule has 0 aliphatic carbocycles. The number of benzene rings is 1. The fourth-order valence-electron chi connectivity index (χ4n) is 2.81. The molecule has 4 aromatic rings. The van der Waals surface area contributed by atoms with Gasteiger partial charge in [-0.1, -0.05) is 17.8 Å². The molecule has 7 nitrogen and oxygen atoms in total. The van der Waals surface area contributed by atoms with Crippen molar-refractivity contribution in [3.8, 4) is 5.69 Å². The van der Waals surface area contributed by atoms with Crippen LogP contribution in [0.2, 0.25) is 0 Å². The topological polar surface area (TPSA) is 73.8 Å². The largest absolute Gasteiger partial charge is 0.288 e. The summed E-state index contributed by atoms with van der Waals surface area (Å²) in [5.41, 5.74) is 6.47. The van der Waals surface area contributed by atoms with E-state index in [4.69, 9.17) is 0 Å². The molecule has 0 N–H and O–H groups in total. The molecule has 4 rings (SSSR count). The number of rotatable bonds is 4. The van der Waals surface area contributed by atoms with Crippen molar-refractivity contribution >= 4 is 17.5 Å². The average molecular weight is 365 g/mol. The third-order valence-electron chi connectivity index (χ3n) is 4.34. The molecule has 0 saturated heterocycles. The number of aryl methyl sites for hydroxylation is 4. The van der Waals surface area contributed by atoms with Crippen molar-refractivity contribution in [1.82, 2.24) is 34.6 Å². The Morgan fingerprint density at radius 1 is 1.00 bits per heavy atom. The van der Waals surface area contributed by atoms with Crippen molar-refractivity contribution in [3.63, 3.8) is 0 Å². The van der Waals surface area contributed by atoms with Crippen LogP contribution in [0.3, 0.4) is 0 Å². The highest BCUT2D eigenvalue weighted by Crippen LogP contribution is 2.23. The van der Waals surface area contributed by atoms with Gasteiger partial charge >= 0.3 is 0 Å². The van der Waals surface area contributed by atoms with Gasteiger partial charge in [0.25, 0.3) is 0 Å². The molecule has 3 aromatic heterocycles. The zero-order valence-corrected chi connectivity index (χ0v) is 15.9. The highest BCUT2D eigenvalue weighted by Gasteiger charge is 2.12. The summed E-state index contributed by atoms with van der Waals surface area (Å²) < 4.78 is 3.77. The third-order valence-corrected chi connectivity index (χ3v) is 5.29. The lowest BCUT2D eigenvalue weighted by molar-refractivity contribution is 0.755. The maximum atomic E-state index is 4.62. The van der Waals surface area contributed by atoms with Crippen molar-refractivity contribution in [2.75, 3.05) is 0 Å². The van der Waals surface area contributed by atoms with E-state index in [1.165, 1.54) is 11.1 Å². The fourth-order valence-corrected chi connectivity index (χ4v) is 3.59. The molecule has 1 aromatic carbocycles. The molecule has 0 amide bonds. The quantitative estimate of drug-likeness (QED) is 0.517. The van der Waals surface area contributed by atoms with E-state index in [1.807, 2.05) is 29.7 Å². The Morgan fingerprint density at radius 2 is 1.85 bits per heavy atom. The number of tetrazole rings is 1. The lowest BCUT2D eigenvalue weighted by atomic mass is 10.1. The molecule has 0 radical (unpaired) electrons. The maximum absolute atomic E-state index is 4.62. The van der Waals surface area contributed by atoms with Crippen LogP contribution in [0, 0.1) is 27.7 Å². The molecule has 26 heavy (non-hydrogen) atoms. The van der Waals surface area contributed by atoms with Crippen LogP contribution >= 0.6 is 11.8 Å². The Bertz CT molecular complexity index is 1100. The van der Waals surface area contributed by atoms with Gasteiger partial charge < -0.3 is 0 Å². The summed E-state index contributed by atoms with van der Waals surface area (Å²) in [5.74, 6) is 1.40. The molecular formula is C18H19N7S. The van der Waals surface area contributed by atoms with E-state index in [2.05, 4.69) is 58.4 Å². The Morgan fingerprint density at radius 3 is 2.65 bits per heavy atom. The predicted octanol–water partition coefficient (Wildman–Crippen LogP) is 3.23. The van der Waals surface area contributed by atoms with Crippen LogP contribution in [0.5, 0.6) is 0 Å². The van der Waals surface area contributed by atoms with Gasteiger partial charge in [0, 0.05) is 23.3 Å². The minimum atomic E-state index is 0.674. The molecule has 0 aliphatic rings. The minimum absolute atomic E-state index is 0.674. The Labute approximate surface area is 155 Å². The van der Waals surface area contributed by atoms with E-state index in [1.54, 1.807) is 16.4 Å². The van der Waals surface area contributed by atoms with Crippen molar-refractivity contribution in [2.24, 2.45) is 0 Å². The molecular weight excluding hydrogens is 346 g/mol. The van der Waals surface area contributed by atoms with Crippen LogP contribution in [0.4, 0.5) is 0 Å². The molecule has 0 bridgehead atoms. The summed E-state index contributed by atoms with van der Waals surface area (Å²) in [4.78, 5) is 9.10. The Hall–Kier alpha value is -2.74. The predicted molar refractivity (Wildman–Crippen MR) is 101 cm³/mol. The van der Waals surface area contributed by atoms with Gasteiger partial charge in [0.05, 0.1) is 11.4 Å². The second kappa shape index (κ2) is 6.53. The average Bonchev–Trinajstić information content (AvgIpc) is 3.22. The smallest absolute Gasteiger partial charge is 0.234 e. The van der Waals surface area contributed by atoms with E-state index < -0.39 is 0 Å². The first kappa shape index (κ1) is 16.7. The Kier molecular flexibility index (Phi) is 4.20. The molecule has 0 saturated carbocycles. The van der Waals surface area contributed by atoms with E-state index in [0.29, 0.717) is 5.75 Å². The number of aromatic nitrogens is 7. The summed E-state index contributed by atoms with van der Waals surface area (Å²) in [7, 11) is 0. The Balaban J connectivity index is 1.58. The van der Waals surface area contributed by atoms with Crippen LogP contribution in [0.15, 0.2) is 35.6 Å². The molecule has 3 heterocycles. The van der Waals surface area contributed by atoms with Gasteiger partial charge in [-0.15, -0.1) is 5.10 Å². The van der Waals surface area contributed by atoms with Gasteiger partial charge in [-0.3, -0.25) is 4.40 Å². The molecule has 0 fully saturated rings.